The van der Waals surface area contributed by atoms with Crippen molar-refractivity contribution < 1.29 is 9.53 Å². The molecule has 0 aliphatic carbocycles. The lowest BCUT2D eigenvalue weighted by Gasteiger charge is -2.05. The summed E-state index contributed by atoms with van der Waals surface area (Å²) in [4.78, 5) is 10.3. The fraction of sp³-hybridized carbons (Fsp3) is 0.125. The summed E-state index contributed by atoms with van der Waals surface area (Å²) >= 11 is 0. The zero-order valence-electron chi connectivity index (χ0n) is 6.99. The van der Waals surface area contributed by atoms with Crippen LogP contribution in [0.1, 0.15) is 5.56 Å². The number of ether oxygens (including phenoxy) is 1. The number of hydrogen-bond acceptors (Lipinski definition) is 4. The van der Waals surface area contributed by atoms with E-state index in [-0.39, 0.29) is 6.61 Å². The van der Waals surface area contributed by atoms with E-state index in [0.717, 1.165) is 0 Å². The first-order valence-corrected chi connectivity index (χ1v) is 3.65. The van der Waals surface area contributed by atoms with Crippen LogP contribution in [0.5, 0.6) is 0 Å². The largest absolute Gasteiger partial charge is 0.445 e. The van der Waals surface area contributed by atoms with E-state index in [9.17, 15) is 4.79 Å². The van der Waals surface area contributed by atoms with Crippen molar-refractivity contribution in [1.29, 1.82) is 0 Å². The summed E-state index contributed by atoms with van der Waals surface area (Å²) in [6.45, 7) is 0.0478. The predicted molar refractivity (Wildman–Crippen MR) is 49.6 cm³/mol. The quantitative estimate of drug-likeness (QED) is 0.576. The molecule has 0 spiro atoms. The fourth-order valence-corrected chi connectivity index (χ4v) is 0.900. The van der Waals surface area contributed by atoms with Crippen LogP contribution in [0.4, 0.5) is 16.2 Å². The zero-order chi connectivity index (χ0) is 9.84. The number of benzene rings is 1. The van der Waals surface area contributed by atoms with Gasteiger partial charge in [-0.2, -0.15) is 0 Å². The summed E-state index contributed by atoms with van der Waals surface area (Å²) in [7, 11) is 0. The highest BCUT2D eigenvalue weighted by molar-refractivity contribution is 5.65. The highest BCUT2D eigenvalue weighted by Crippen LogP contribution is 2.16. The second kappa shape index (κ2) is 3.66. The third-order valence-corrected chi connectivity index (χ3v) is 1.54. The van der Waals surface area contributed by atoms with Gasteiger partial charge < -0.3 is 21.9 Å². The Balaban J connectivity index is 2.75. The molecule has 1 aromatic carbocycles. The number of carbonyl (C=O) groups is 1. The summed E-state index contributed by atoms with van der Waals surface area (Å²) in [5.41, 5.74) is 17.6. The van der Waals surface area contributed by atoms with Crippen LogP contribution in [0, 0.1) is 0 Å². The number of primary amides is 1. The first-order valence-electron chi connectivity index (χ1n) is 3.65. The maximum Gasteiger partial charge on any atom is 0.404 e. The molecule has 5 heteroatoms. The Kier molecular flexibility index (Phi) is 2.59. The van der Waals surface area contributed by atoms with Gasteiger partial charge in [-0.25, -0.2) is 4.79 Å². The van der Waals surface area contributed by atoms with E-state index in [1.807, 2.05) is 0 Å². The summed E-state index contributed by atoms with van der Waals surface area (Å²) in [5, 5.41) is 0. The molecule has 0 bridgehead atoms. The predicted octanol–water partition coefficient (Wildman–Crippen LogP) is 0.446. The molecule has 0 unspecified atom stereocenters. The standard InChI is InChI=1S/C8H11N3O2/c9-6-1-2-7(10)5(3-6)4-13-8(11)12/h1-3H,4,9-10H2,(H2,11,12). The second-order valence-corrected chi connectivity index (χ2v) is 2.57. The number of amides is 1. The van der Waals surface area contributed by atoms with Gasteiger partial charge in [0.15, 0.2) is 0 Å². The van der Waals surface area contributed by atoms with E-state index < -0.39 is 6.09 Å². The van der Waals surface area contributed by atoms with Crippen molar-refractivity contribution in [2.75, 3.05) is 11.5 Å². The highest BCUT2D eigenvalue weighted by Gasteiger charge is 2.01. The van der Waals surface area contributed by atoms with Gasteiger partial charge in [0.25, 0.3) is 0 Å². The van der Waals surface area contributed by atoms with E-state index in [1.165, 1.54) is 0 Å². The average molecular weight is 181 g/mol. The lowest BCUT2D eigenvalue weighted by Crippen LogP contribution is -2.13. The number of nitrogen functional groups attached to an aromatic ring is 2. The minimum atomic E-state index is -0.832. The Morgan fingerprint density at radius 1 is 1.38 bits per heavy atom. The van der Waals surface area contributed by atoms with Crippen LogP contribution in [0.2, 0.25) is 0 Å². The molecule has 0 radical (unpaired) electrons. The molecule has 0 aliphatic heterocycles. The van der Waals surface area contributed by atoms with Crippen molar-refractivity contribution in [3.8, 4) is 0 Å². The topological polar surface area (TPSA) is 104 Å². The summed E-state index contributed by atoms with van der Waals surface area (Å²) in [6, 6.07) is 4.95. The second-order valence-electron chi connectivity index (χ2n) is 2.57. The summed E-state index contributed by atoms with van der Waals surface area (Å²) < 4.78 is 4.57. The van der Waals surface area contributed by atoms with Gasteiger partial charge in [0, 0.05) is 16.9 Å². The third-order valence-electron chi connectivity index (χ3n) is 1.54. The maximum absolute atomic E-state index is 10.3. The number of carbonyl (C=O) groups excluding carboxylic acids is 1. The van der Waals surface area contributed by atoms with Crippen LogP contribution in [0.25, 0.3) is 0 Å². The van der Waals surface area contributed by atoms with Crippen molar-refractivity contribution in [2.45, 2.75) is 6.61 Å². The van der Waals surface area contributed by atoms with Gasteiger partial charge in [0.05, 0.1) is 0 Å². The molecule has 0 heterocycles. The van der Waals surface area contributed by atoms with Crippen molar-refractivity contribution in [1.82, 2.24) is 0 Å². The van der Waals surface area contributed by atoms with Crippen LogP contribution in [-0.2, 0) is 11.3 Å². The van der Waals surface area contributed by atoms with E-state index in [0.29, 0.717) is 16.9 Å². The Morgan fingerprint density at radius 2 is 2.08 bits per heavy atom. The molecule has 0 aromatic heterocycles. The van der Waals surface area contributed by atoms with Gasteiger partial charge in [0.2, 0.25) is 0 Å². The van der Waals surface area contributed by atoms with E-state index in [4.69, 9.17) is 17.2 Å². The molecule has 5 nitrogen and oxygen atoms in total. The molecule has 0 aliphatic rings. The molecule has 0 atom stereocenters. The molecule has 0 saturated heterocycles. The Bertz CT molecular complexity index is 325. The molecule has 13 heavy (non-hydrogen) atoms. The Morgan fingerprint density at radius 3 is 2.69 bits per heavy atom. The Labute approximate surface area is 75.5 Å². The van der Waals surface area contributed by atoms with E-state index in [1.54, 1.807) is 18.2 Å². The molecule has 1 aromatic rings. The highest BCUT2D eigenvalue weighted by atomic mass is 16.5. The minimum Gasteiger partial charge on any atom is -0.445 e. The van der Waals surface area contributed by atoms with Crippen molar-refractivity contribution in [2.24, 2.45) is 5.73 Å². The van der Waals surface area contributed by atoms with E-state index in [2.05, 4.69) is 4.74 Å². The monoisotopic (exact) mass is 181 g/mol. The molecule has 0 fully saturated rings. The molecule has 70 valence electrons. The van der Waals surface area contributed by atoms with Crippen molar-refractivity contribution in [3.05, 3.63) is 23.8 Å². The average Bonchev–Trinajstić information content (AvgIpc) is 2.06. The first-order chi connectivity index (χ1) is 6.09. The van der Waals surface area contributed by atoms with Crippen LogP contribution in [0.15, 0.2) is 18.2 Å². The number of nitrogens with two attached hydrogens (primary N) is 3. The smallest absolute Gasteiger partial charge is 0.404 e. The molecule has 1 amide bonds. The zero-order valence-corrected chi connectivity index (χ0v) is 6.99. The normalized spacial score (nSPS) is 9.54. The van der Waals surface area contributed by atoms with Gasteiger partial charge in [-0.3, -0.25) is 0 Å². The van der Waals surface area contributed by atoms with Gasteiger partial charge in [-0.15, -0.1) is 0 Å². The summed E-state index contributed by atoms with van der Waals surface area (Å²) in [6.07, 6.45) is -0.832. The SMILES string of the molecule is NC(=O)OCc1cc(N)ccc1N. The maximum atomic E-state index is 10.3. The van der Waals surface area contributed by atoms with Crippen molar-refractivity contribution >= 4 is 17.5 Å². The van der Waals surface area contributed by atoms with Crippen LogP contribution >= 0.6 is 0 Å². The molecule has 6 N–H and O–H groups in total. The van der Waals surface area contributed by atoms with Gasteiger partial charge in [-0.1, -0.05) is 0 Å². The van der Waals surface area contributed by atoms with Crippen LogP contribution < -0.4 is 17.2 Å². The molecule has 0 saturated carbocycles. The number of rotatable bonds is 2. The van der Waals surface area contributed by atoms with E-state index >= 15 is 0 Å². The van der Waals surface area contributed by atoms with Crippen LogP contribution in [0.3, 0.4) is 0 Å². The van der Waals surface area contributed by atoms with Gasteiger partial charge in [-0.05, 0) is 18.2 Å². The van der Waals surface area contributed by atoms with Gasteiger partial charge in [0.1, 0.15) is 6.61 Å². The number of hydrogen-bond donors (Lipinski definition) is 3. The first kappa shape index (κ1) is 9.18. The fourth-order valence-electron chi connectivity index (χ4n) is 0.900. The Hall–Kier alpha value is -1.91. The third kappa shape index (κ3) is 2.55. The lowest BCUT2D eigenvalue weighted by molar-refractivity contribution is 0.150. The molecule has 1 rings (SSSR count). The lowest BCUT2D eigenvalue weighted by atomic mass is 10.2. The number of anilines is 2. The molecular formula is C8H11N3O2. The van der Waals surface area contributed by atoms with Crippen molar-refractivity contribution in [3.63, 3.8) is 0 Å². The summed E-state index contributed by atoms with van der Waals surface area (Å²) in [5.74, 6) is 0. The minimum absolute atomic E-state index is 0.0478. The molecular weight excluding hydrogens is 170 g/mol. The van der Waals surface area contributed by atoms with Gasteiger partial charge >= 0.3 is 6.09 Å². The van der Waals surface area contributed by atoms with Crippen LogP contribution in [-0.4, -0.2) is 6.09 Å².